The van der Waals surface area contributed by atoms with Crippen LogP contribution in [0.3, 0.4) is 0 Å². The number of aromatic nitrogens is 3. The summed E-state index contributed by atoms with van der Waals surface area (Å²) in [6.45, 7) is 0. The maximum atomic E-state index is 12.0. The number of H-pyrrole nitrogens is 1. The third-order valence-electron chi connectivity index (χ3n) is 2.50. The van der Waals surface area contributed by atoms with Crippen molar-refractivity contribution in [2.45, 2.75) is 0 Å². The fourth-order valence-electron chi connectivity index (χ4n) is 1.61. The number of hydrogen-bond acceptors (Lipinski definition) is 4. The quantitative estimate of drug-likeness (QED) is 0.768. The number of hydrogen-bond donors (Lipinski definition) is 2. The molecular formula is C13H10N4OS. The second kappa shape index (κ2) is 5.03. The van der Waals surface area contributed by atoms with Crippen molar-refractivity contribution in [1.29, 1.82) is 0 Å². The first-order valence-corrected chi connectivity index (χ1v) is 6.52. The van der Waals surface area contributed by atoms with Gasteiger partial charge in [-0.2, -0.15) is 5.10 Å². The Labute approximate surface area is 113 Å². The molecule has 5 nitrogen and oxygen atoms in total. The van der Waals surface area contributed by atoms with Gasteiger partial charge in [-0.05, 0) is 29.6 Å². The average Bonchev–Trinajstić information content (AvgIpc) is 3.11. The van der Waals surface area contributed by atoms with E-state index in [0.29, 0.717) is 11.5 Å². The standard InChI is InChI=1S/C13H10N4OS/c18-13(15-12-5-1-2-6-14-12)10-8-9(16-17-10)11-4-3-7-19-11/h1-8H,(H,16,17)(H,14,15,18). The van der Waals surface area contributed by atoms with E-state index in [1.54, 1.807) is 35.7 Å². The Kier molecular flexibility index (Phi) is 3.07. The number of carbonyl (C=O) groups is 1. The van der Waals surface area contributed by atoms with E-state index in [9.17, 15) is 4.79 Å². The van der Waals surface area contributed by atoms with Gasteiger partial charge >= 0.3 is 0 Å². The Morgan fingerprint density at radius 2 is 2.21 bits per heavy atom. The van der Waals surface area contributed by atoms with Gasteiger partial charge in [-0.1, -0.05) is 12.1 Å². The molecular weight excluding hydrogens is 260 g/mol. The Balaban J connectivity index is 1.78. The summed E-state index contributed by atoms with van der Waals surface area (Å²) < 4.78 is 0. The zero-order valence-electron chi connectivity index (χ0n) is 9.83. The van der Waals surface area contributed by atoms with Gasteiger partial charge in [0.2, 0.25) is 0 Å². The number of nitrogens with zero attached hydrogens (tertiary/aromatic N) is 2. The van der Waals surface area contributed by atoms with Crippen LogP contribution < -0.4 is 5.32 Å². The highest BCUT2D eigenvalue weighted by atomic mass is 32.1. The van der Waals surface area contributed by atoms with Gasteiger partial charge in [0, 0.05) is 6.20 Å². The Morgan fingerprint density at radius 1 is 1.26 bits per heavy atom. The van der Waals surface area contributed by atoms with Gasteiger partial charge in [-0.25, -0.2) is 4.98 Å². The molecule has 0 saturated carbocycles. The summed E-state index contributed by atoms with van der Waals surface area (Å²) in [7, 11) is 0. The Bertz CT molecular complexity index is 676. The summed E-state index contributed by atoms with van der Waals surface area (Å²) in [5.74, 6) is 0.228. The van der Waals surface area contributed by atoms with Gasteiger partial charge in [-0.15, -0.1) is 11.3 Å². The van der Waals surface area contributed by atoms with Crippen LogP contribution in [0.1, 0.15) is 10.5 Å². The maximum Gasteiger partial charge on any atom is 0.277 e. The minimum Gasteiger partial charge on any atom is -0.305 e. The molecule has 0 atom stereocenters. The summed E-state index contributed by atoms with van der Waals surface area (Å²) in [6, 6.07) is 11.0. The van der Waals surface area contributed by atoms with Crippen molar-refractivity contribution in [2.24, 2.45) is 0 Å². The lowest BCUT2D eigenvalue weighted by atomic mass is 10.3. The lowest BCUT2D eigenvalue weighted by Gasteiger charge is -2.00. The van der Waals surface area contributed by atoms with Gasteiger partial charge in [0.1, 0.15) is 5.82 Å². The predicted octanol–water partition coefficient (Wildman–Crippen LogP) is 2.79. The normalized spacial score (nSPS) is 10.3. The number of rotatable bonds is 3. The van der Waals surface area contributed by atoms with Crippen LogP contribution >= 0.6 is 11.3 Å². The van der Waals surface area contributed by atoms with E-state index in [0.717, 1.165) is 10.6 Å². The van der Waals surface area contributed by atoms with E-state index in [2.05, 4.69) is 20.5 Å². The number of amides is 1. The molecule has 94 valence electrons. The van der Waals surface area contributed by atoms with Crippen molar-refractivity contribution < 1.29 is 4.79 Å². The van der Waals surface area contributed by atoms with Crippen LogP contribution in [0.4, 0.5) is 5.82 Å². The summed E-state index contributed by atoms with van der Waals surface area (Å²) in [4.78, 5) is 17.0. The number of thiophene rings is 1. The lowest BCUT2D eigenvalue weighted by molar-refractivity contribution is 0.102. The Morgan fingerprint density at radius 3 is 2.95 bits per heavy atom. The fraction of sp³-hybridized carbons (Fsp3) is 0. The topological polar surface area (TPSA) is 70.7 Å². The number of carbonyl (C=O) groups excluding carboxylic acids is 1. The monoisotopic (exact) mass is 270 g/mol. The van der Waals surface area contributed by atoms with Crippen molar-refractivity contribution in [2.75, 3.05) is 5.32 Å². The molecule has 0 radical (unpaired) electrons. The number of nitrogens with one attached hydrogen (secondary N) is 2. The maximum absolute atomic E-state index is 12.0. The van der Waals surface area contributed by atoms with E-state index < -0.39 is 0 Å². The van der Waals surface area contributed by atoms with Gasteiger partial charge in [0.15, 0.2) is 5.69 Å². The molecule has 0 aliphatic carbocycles. The number of anilines is 1. The minimum atomic E-state index is -0.280. The highest BCUT2D eigenvalue weighted by molar-refractivity contribution is 7.13. The first-order valence-electron chi connectivity index (χ1n) is 5.64. The lowest BCUT2D eigenvalue weighted by Crippen LogP contribution is -2.13. The summed E-state index contributed by atoms with van der Waals surface area (Å²) in [5.41, 5.74) is 1.18. The van der Waals surface area contributed by atoms with E-state index in [-0.39, 0.29) is 5.91 Å². The smallest absolute Gasteiger partial charge is 0.277 e. The van der Waals surface area contributed by atoms with E-state index in [4.69, 9.17) is 0 Å². The molecule has 0 unspecified atom stereocenters. The van der Waals surface area contributed by atoms with Crippen molar-refractivity contribution in [1.82, 2.24) is 15.2 Å². The van der Waals surface area contributed by atoms with Crippen LogP contribution in [0.15, 0.2) is 48.0 Å². The van der Waals surface area contributed by atoms with Gasteiger partial charge in [-0.3, -0.25) is 9.89 Å². The summed E-state index contributed by atoms with van der Waals surface area (Å²) in [5, 5.41) is 11.5. The molecule has 6 heteroatoms. The van der Waals surface area contributed by atoms with E-state index in [1.165, 1.54) is 0 Å². The molecule has 0 aliphatic rings. The van der Waals surface area contributed by atoms with E-state index in [1.807, 2.05) is 23.6 Å². The summed E-state index contributed by atoms with van der Waals surface area (Å²) >= 11 is 1.59. The van der Waals surface area contributed by atoms with Crippen LogP contribution in [0.5, 0.6) is 0 Å². The molecule has 0 saturated heterocycles. The van der Waals surface area contributed by atoms with Crippen molar-refractivity contribution in [3.63, 3.8) is 0 Å². The molecule has 0 aliphatic heterocycles. The molecule has 19 heavy (non-hydrogen) atoms. The molecule has 3 aromatic heterocycles. The van der Waals surface area contributed by atoms with Gasteiger partial charge < -0.3 is 5.32 Å². The molecule has 3 rings (SSSR count). The SMILES string of the molecule is O=C(Nc1ccccn1)c1cc(-c2cccs2)[nH]n1. The highest BCUT2D eigenvalue weighted by Crippen LogP contribution is 2.23. The highest BCUT2D eigenvalue weighted by Gasteiger charge is 2.12. The average molecular weight is 270 g/mol. The first kappa shape index (κ1) is 11.6. The van der Waals surface area contributed by atoms with Crippen LogP contribution in [-0.2, 0) is 0 Å². The second-order valence-corrected chi connectivity index (χ2v) is 4.76. The fourth-order valence-corrected chi connectivity index (χ4v) is 2.31. The minimum absolute atomic E-state index is 0.280. The van der Waals surface area contributed by atoms with Crippen molar-refractivity contribution >= 4 is 23.1 Å². The van der Waals surface area contributed by atoms with Gasteiger partial charge in [0.05, 0.1) is 10.6 Å². The molecule has 0 fully saturated rings. The van der Waals surface area contributed by atoms with Crippen molar-refractivity contribution in [3.8, 4) is 10.6 Å². The molecule has 0 spiro atoms. The zero-order chi connectivity index (χ0) is 13.1. The molecule has 1 amide bonds. The van der Waals surface area contributed by atoms with Crippen LogP contribution in [-0.4, -0.2) is 21.1 Å². The molecule has 0 aromatic carbocycles. The third-order valence-corrected chi connectivity index (χ3v) is 3.41. The van der Waals surface area contributed by atoms with Crippen LogP contribution in [0.2, 0.25) is 0 Å². The largest absolute Gasteiger partial charge is 0.305 e. The van der Waals surface area contributed by atoms with Crippen LogP contribution in [0.25, 0.3) is 10.6 Å². The molecule has 3 heterocycles. The molecule has 2 N–H and O–H groups in total. The zero-order valence-corrected chi connectivity index (χ0v) is 10.6. The summed E-state index contributed by atoms with van der Waals surface area (Å²) in [6.07, 6.45) is 1.62. The Hall–Kier alpha value is -2.47. The number of pyridine rings is 1. The predicted molar refractivity (Wildman–Crippen MR) is 74.1 cm³/mol. The van der Waals surface area contributed by atoms with Crippen LogP contribution in [0, 0.1) is 0 Å². The number of aromatic amines is 1. The molecule has 0 bridgehead atoms. The third kappa shape index (κ3) is 2.53. The first-order chi connectivity index (χ1) is 9.33. The second-order valence-electron chi connectivity index (χ2n) is 3.81. The van der Waals surface area contributed by atoms with E-state index >= 15 is 0 Å². The van der Waals surface area contributed by atoms with Crippen molar-refractivity contribution in [3.05, 3.63) is 53.7 Å². The van der Waals surface area contributed by atoms with Gasteiger partial charge in [0.25, 0.3) is 5.91 Å². The molecule has 3 aromatic rings.